The highest BCUT2D eigenvalue weighted by Crippen LogP contribution is 2.51. The molecule has 11 aromatic rings. The van der Waals surface area contributed by atoms with Crippen molar-refractivity contribution in [1.82, 2.24) is 0 Å². The highest BCUT2D eigenvalue weighted by molar-refractivity contribution is 6.17. The second-order valence-corrected chi connectivity index (χ2v) is 14.5. The quantitative estimate of drug-likeness (QED) is 0.171. The first-order chi connectivity index (χ1) is 27.8. The number of furan rings is 1. The van der Waals surface area contributed by atoms with E-state index in [4.69, 9.17) is 4.42 Å². The van der Waals surface area contributed by atoms with Gasteiger partial charge in [0.25, 0.3) is 0 Å². The van der Waals surface area contributed by atoms with E-state index in [9.17, 15) is 0 Å². The summed E-state index contributed by atoms with van der Waals surface area (Å²) in [4.78, 5) is 2.49. The van der Waals surface area contributed by atoms with Crippen LogP contribution in [0.3, 0.4) is 0 Å². The fourth-order valence-electron chi connectivity index (χ4n) is 8.63. The lowest BCUT2D eigenvalue weighted by atomic mass is 9.90. The maximum atomic E-state index is 6.57. The Bertz CT molecular complexity index is 3260. The SMILES string of the molecule is c1ccc(-c2ccc(N(c3ccc4ccccc4c3-c3cccc4ccccc34)c3cccc4oc5ccccc5c34)c(-c3ccc4ccccc4c3)c2)cc1. The summed E-state index contributed by atoms with van der Waals surface area (Å²) in [5.41, 5.74) is 12.0. The molecule has 0 unspecified atom stereocenters. The van der Waals surface area contributed by atoms with Gasteiger partial charge in [-0.25, -0.2) is 0 Å². The van der Waals surface area contributed by atoms with Crippen LogP contribution in [0.15, 0.2) is 217 Å². The molecule has 0 fully saturated rings. The standard InChI is InChI=1S/C54H35NO/c1-2-14-36(15-3-1)41-31-32-48(47(35-41)42-29-28-37-16-4-5-19-40(37)34-42)55(49-25-13-27-52-54(49)46-23-10-11-26-51(46)56-52)50-33-30-39-18-7-9-22-44(39)53(50)45-24-12-20-38-17-6-8-21-43(38)45/h1-35H. The van der Waals surface area contributed by atoms with E-state index in [0.717, 1.165) is 55.7 Å². The minimum Gasteiger partial charge on any atom is -0.456 e. The van der Waals surface area contributed by atoms with Crippen LogP contribution in [0.2, 0.25) is 0 Å². The van der Waals surface area contributed by atoms with E-state index in [-0.39, 0.29) is 0 Å². The minimum absolute atomic E-state index is 0.856. The molecule has 0 atom stereocenters. The molecule has 2 heteroatoms. The molecular formula is C54H35NO. The Morgan fingerprint density at radius 1 is 0.304 bits per heavy atom. The van der Waals surface area contributed by atoms with E-state index in [1.54, 1.807) is 0 Å². The minimum atomic E-state index is 0.856. The van der Waals surface area contributed by atoms with E-state index in [1.165, 1.54) is 49.0 Å². The molecule has 262 valence electrons. The van der Waals surface area contributed by atoms with Crippen molar-refractivity contribution in [3.8, 4) is 33.4 Å². The summed E-state index contributed by atoms with van der Waals surface area (Å²) in [6.45, 7) is 0. The number of nitrogens with zero attached hydrogens (tertiary/aromatic N) is 1. The summed E-state index contributed by atoms with van der Waals surface area (Å²) in [6.07, 6.45) is 0. The third-order valence-electron chi connectivity index (χ3n) is 11.2. The fourth-order valence-corrected chi connectivity index (χ4v) is 8.63. The van der Waals surface area contributed by atoms with E-state index >= 15 is 0 Å². The van der Waals surface area contributed by atoms with E-state index in [2.05, 4.69) is 211 Å². The van der Waals surface area contributed by atoms with Gasteiger partial charge in [0.1, 0.15) is 11.2 Å². The summed E-state index contributed by atoms with van der Waals surface area (Å²) in [6, 6.07) is 76.7. The van der Waals surface area contributed by atoms with Crippen LogP contribution in [-0.2, 0) is 0 Å². The summed E-state index contributed by atoms with van der Waals surface area (Å²) >= 11 is 0. The van der Waals surface area contributed by atoms with Crippen molar-refractivity contribution in [2.24, 2.45) is 0 Å². The molecule has 0 aliphatic rings. The molecule has 0 aliphatic carbocycles. The number of anilines is 3. The lowest BCUT2D eigenvalue weighted by Crippen LogP contribution is -2.13. The van der Waals surface area contributed by atoms with Crippen LogP contribution in [0.5, 0.6) is 0 Å². The molecule has 1 heterocycles. The molecule has 0 N–H and O–H groups in total. The van der Waals surface area contributed by atoms with Gasteiger partial charge in [0.05, 0.1) is 22.4 Å². The number of fused-ring (bicyclic) bond motifs is 6. The van der Waals surface area contributed by atoms with Crippen molar-refractivity contribution in [2.45, 2.75) is 0 Å². The zero-order valence-corrected chi connectivity index (χ0v) is 30.6. The number of hydrogen-bond acceptors (Lipinski definition) is 2. The first-order valence-electron chi connectivity index (χ1n) is 19.2. The lowest BCUT2D eigenvalue weighted by molar-refractivity contribution is 0.669. The van der Waals surface area contributed by atoms with Gasteiger partial charge in [-0.3, -0.25) is 0 Å². The Morgan fingerprint density at radius 2 is 0.911 bits per heavy atom. The smallest absolute Gasteiger partial charge is 0.137 e. The van der Waals surface area contributed by atoms with Crippen molar-refractivity contribution >= 4 is 71.3 Å². The van der Waals surface area contributed by atoms with Crippen molar-refractivity contribution < 1.29 is 4.42 Å². The highest BCUT2D eigenvalue weighted by atomic mass is 16.3. The Hall–Kier alpha value is -7.42. The predicted molar refractivity (Wildman–Crippen MR) is 237 cm³/mol. The lowest BCUT2D eigenvalue weighted by Gasteiger charge is -2.31. The largest absolute Gasteiger partial charge is 0.456 e. The van der Waals surface area contributed by atoms with Gasteiger partial charge in [0.15, 0.2) is 0 Å². The van der Waals surface area contributed by atoms with Gasteiger partial charge in [0, 0.05) is 16.5 Å². The van der Waals surface area contributed by atoms with Crippen LogP contribution in [0, 0.1) is 0 Å². The normalized spacial score (nSPS) is 11.6. The average molecular weight is 714 g/mol. The van der Waals surface area contributed by atoms with Crippen LogP contribution in [0.4, 0.5) is 17.1 Å². The Labute approximate surface area is 325 Å². The predicted octanol–water partition coefficient (Wildman–Crippen LogP) is 15.5. The van der Waals surface area contributed by atoms with E-state index in [0.29, 0.717) is 0 Å². The monoisotopic (exact) mass is 713 g/mol. The summed E-state index contributed by atoms with van der Waals surface area (Å²) in [5, 5.41) is 9.41. The number of benzene rings is 10. The van der Waals surface area contributed by atoms with Crippen LogP contribution in [-0.4, -0.2) is 0 Å². The van der Waals surface area contributed by atoms with Gasteiger partial charge in [-0.1, -0.05) is 170 Å². The molecule has 0 spiro atoms. The Morgan fingerprint density at radius 3 is 1.77 bits per heavy atom. The number of para-hydroxylation sites is 1. The molecule has 0 saturated carbocycles. The molecule has 0 saturated heterocycles. The number of rotatable bonds is 6. The number of hydrogen-bond donors (Lipinski definition) is 0. The molecule has 0 amide bonds. The van der Waals surface area contributed by atoms with Crippen LogP contribution in [0.1, 0.15) is 0 Å². The van der Waals surface area contributed by atoms with Crippen LogP contribution >= 0.6 is 0 Å². The Kier molecular flexibility index (Phi) is 7.53. The highest BCUT2D eigenvalue weighted by Gasteiger charge is 2.26. The van der Waals surface area contributed by atoms with Gasteiger partial charge in [-0.05, 0) is 97.0 Å². The third kappa shape index (κ3) is 5.26. The van der Waals surface area contributed by atoms with Crippen LogP contribution in [0.25, 0.3) is 87.6 Å². The Balaban J connectivity index is 1.29. The van der Waals surface area contributed by atoms with Gasteiger partial charge >= 0.3 is 0 Å². The molecule has 0 radical (unpaired) electrons. The third-order valence-corrected chi connectivity index (χ3v) is 11.2. The second-order valence-electron chi connectivity index (χ2n) is 14.5. The van der Waals surface area contributed by atoms with Crippen LogP contribution < -0.4 is 4.90 Å². The summed E-state index contributed by atoms with van der Waals surface area (Å²) < 4.78 is 6.57. The first-order valence-corrected chi connectivity index (χ1v) is 19.2. The molecular weight excluding hydrogens is 679 g/mol. The zero-order valence-electron chi connectivity index (χ0n) is 30.6. The average Bonchev–Trinajstić information content (AvgIpc) is 3.66. The maximum absolute atomic E-state index is 6.57. The molecule has 11 rings (SSSR count). The maximum Gasteiger partial charge on any atom is 0.137 e. The van der Waals surface area contributed by atoms with Gasteiger partial charge in [-0.15, -0.1) is 0 Å². The van der Waals surface area contributed by atoms with Gasteiger partial charge in [-0.2, -0.15) is 0 Å². The van der Waals surface area contributed by atoms with Gasteiger partial charge < -0.3 is 9.32 Å². The van der Waals surface area contributed by atoms with Crippen molar-refractivity contribution in [1.29, 1.82) is 0 Å². The second kappa shape index (κ2) is 13.2. The molecule has 0 aliphatic heterocycles. The summed E-state index contributed by atoms with van der Waals surface area (Å²) in [5.74, 6) is 0. The van der Waals surface area contributed by atoms with Crippen molar-refractivity contribution in [3.05, 3.63) is 212 Å². The van der Waals surface area contributed by atoms with E-state index in [1.807, 2.05) is 6.07 Å². The van der Waals surface area contributed by atoms with E-state index < -0.39 is 0 Å². The molecule has 10 aromatic carbocycles. The molecule has 2 nitrogen and oxygen atoms in total. The van der Waals surface area contributed by atoms with Gasteiger partial charge in [0.2, 0.25) is 0 Å². The fraction of sp³-hybridized carbons (Fsp3) is 0. The molecule has 0 bridgehead atoms. The molecule has 1 aromatic heterocycles. The zero-order chi connectivity index (χ0) is 37.0. The summed E-state index contributed by atoms with van der Waals surface area (Å²) in [7, 11) is 0. The van der Waals surface area contributed by atoms with Crippen molar-refractivity contribution in [3.63, 3.8) is 0 Å². The van der Waals surface area contributed by atoms with Crippen molar-refractivity contribution in [2.75, 3.05) is 4.90 Å². The topological polar surface area (TPSA) is 16.4 Å². The first kappa shape index (κ1) is 32.0. The molecule has 56 heavy (non-hydrogen) atoms.